The summed E-state index contributed by atoms with van der Waals surface area (Å²) < 4.78 is 0. The van der Waals surface area contributed by atoms with E-state index in [-0.39, 0.29) is 11.3 Å². The van der Waals surface area contributed by atoms with Gasteiger partial charge in [-0.05, 0) is 29.5 Å². The summed E-state index contributed by atoms with van der Waals surface area (Å²) in [5.74, 6) is 0.267. The van der Waals surface area contributed by atoms with Gasteiger partial charge in [0.15, 0.2) is 0 Å². The fourth-order valence-electron chi connectivity index (χ4n) is 1.38. The number of hydrogen-bond acceptors (Lipinski definition) is 2. The van der Waals surface area contributed by atoms with Crippen LogP contribution in [0.2, 0.25) is 0 Å². The molecule has 0 aromatic heterocycles. The summed E-state index contributed by atoms with van der Waals surface area (Å²) in [4.78, 5) is 11.9. The van der Waals surface area contributed by atoms with Gasteiger partial charge in [0.05, 0.1) is 11.6 Å². The molecule has 0 aliphatic carbocycles. The van der Waals surface area contributed by atoms with Gasteiger partial charge in [-0.15, -0.1) is 0 Å². The molecule has 0 radical (unpaired) electrons. The monoisotopic (exact) mass is 244 g/mol. The average Bonchev–Trinajstić information content (AvgIpc) is 2.34. The molecule has 1 atom stereocenters. The van der Waals surface area contributed by atoms with Gasteiger partial charge in [0.1, 0.15) is 0 Å². The number of nitriles is 1. The Labute approximate surface area is 109 Å². The van der Waals surface area contributed by atoms with Crippen molar-refractivity contribution < 1.29 is 4.79 Å². The first-order valence-electron chi connectivity index (χ1n) is 6.13. The molecule has 0 spiro atoms. The maximum Gasteiger partial charge on any atom is 0.251 e. The van der Waals surface area contributed by atoms with Crippen molar-refractivity contribution in [1.29, 1.82) is 5.26 Å². The first kappa shape index (κ1) is 14.2. The topological polar surface area (TPSA) is 52.9 Å². The highest BCUT2D eigenvalue weighted by Crippen LogP contribution is 2.24. The standard InChI is InChI=1S/C15H20N2O/c1-11(15(2,3)4)10-17-14(18)13-7-5-6-12(8-13)9-16/h5-8,11H,10H2,1-4H3,(H,17,18). The average molecular weight is 244 g/mol. The molecule has 0 heterocycles. The van der Waals surface area contributed by atoms with Crippen LogP contribution < -0.4 is 5.32 Å². The molecule has 0 saturated heterocycles. The van der Waals surface area contributed by atoms with Crippen LogP contribution in [0.5, 0.6) is 0 Å². The van der Waals surface area contributed by atoms with E-state index in [1.54, 1.807) is 24.3 Å². The molecule has 3 nitrogen and oxygen atoms in total. The zero-order valence-corrected chi connectivity index (χ0v) is 11.4. The van der Waals surface area contributed by atoms with E-state index < -0.39 is 0 Å². The molecule has 96 valence electrons. The molecular weight excluding hydrogens is 224 g/mol. The normalized spacial score (nSPS) is 12.6. The smallest absolute Gasteiger partial charge is 0.251 e. The summed E-state index contributed by atoms with van der Waals surface area (Å²) >= 11 is 0. The lowest BCUT2D eigenvalue weighted by atomic mass is 9.82. The van der Waals surface area contributed by atoms with Gasteiger partial charge >= 0.3 is 0 Å². The van der Waals surface area contributed by atoms with E-state index in [0.717, 1.165) is 0 Å². The number of hydrogen-bond donors (Lipinski definition) is 1. The Morgan fingerprint density at radius 2 is 2.11 bits per heavy atom. The van der Waals surface area contributed by atoms with Gasteiger partial charge in [-0.1, -0.05) is 33.8 Å². The van der Waals surface area contributed by atoms with Gasteiger partial charge in [0, 0.05) is 12.1 Å². The minimum absolute atomic E-state index is 0.122. The van der Waals surface area contributed by atoms with E-state index in [1.165, 1.54) is 0 Å². The first-order valence-corrected chi connectivity index (χ1v) is 6.13. The Morgan fingerprint density at radius 3 is 2.67 bits per heavy atom. The van der Waals surface area contributed by atoms with Crippen LogP contribution in [0.1, 0.15) is 43.6 Å². The summed E-state index contributed by atoms with van der Waals surface area (Å²) in [6, 6.07) is 8.77. The van der Waals surface area contributed by atoms with Crippen molar-refractivity contribution in [3.8, 4) is 6.07 Å². The number of nitrogens with one attached hydrogen (secondary N) is 1. The van der Waals surface area contributed by atoms with Gasteiger partial charge < -0.3 is 5.32 Å². The zero-order chi connectivity index (χ0) is 13.8. The molecule has 1 rings (SSSR count). The first-order chi connectivity index (χ1) is 8.34. The van der Waals surface area contributed by atoms with Crippen LogP contribution in [-0.2, 0) is 0 Å². The van der Waals surface area contributed by atoms with Crippen LogP contribution in [0.4, 0.5) is 0 Å². The van der Waals surface area contributed by atoms with Crippen molar-refractivity contribution >= 4 is 5.91 Å². The van der Waals surface area contributed by atoms with Crippen LogP contribution in [-0.4, -0.2) is 12.5 Å². The van der Waals surface area contributed by atoms with Gasteiger partial charge in [-0.3, -0.25) is 4.79 Å². The molecule has 3 heteroatoms. The molecule has 1 aromatic carbocycles. The molecule has 1 amide bonds. The summed E-state index contributed by atoms with van der Waals surface area (Å²) in [6.45, 7) is 9.21. The molecule has 18 heavy (non-hydrogen) atoms. The molecule has 0 bridgehead atoms. The summed E-state index contributed by atoms with van der Waals surface area (Å²) in [6.07, 6.45) is 0. The maximum absolute atomic E-state index is 11.9. The second-order valence-electron chi connectivity index (χ2n) is 5.67. The molecule has 0 aliphatic heterocycles. The maximum atomic E-state index is 11.9. The Bertz CT molecular complexity index is 466. The zero-order valence-electron chi connectivity index (χ0n) is 11.4. The molecule has 1 N–H and O–H groups in total. The second-order valence-corrected chi connectivity index (χ2v) is 5.67. The second kappa shape index (κ2) is 5.68. The lowest BCUT2D eigenvalue weighted by molar-refractivity contribution is 0.0937. The number of rotatable bonds is 3. The van der Waals surface area contributed by atoms with E-state index in [4.69, 9.17) is 5.26 Å². The van der Waals surface area contributed by atoms with Crippen molar-refractivity contribution in [2.45, 2.75) is 27.7 Å². The van der Waals surface area contributed by atoms with Crippen molar-refractivity contribution in [3.63, 3.8) is 0 Å². The third-order valence-corrected chi connectivity index (χ3v) is 3.30. The predicted molar refractivity (Wildman–Crippen MR) is 72.1 cm³/mol. The molecule has 0 aliphatic rings. The van der Waals surface area contributed by atoms with Crippen molar-refractivity contribution in [3.05, 3.63) is 35.4 Å². The number of amides is 1. The fourth-order valence-corrected chi connectivity index (χ4v) is 1.38. The fraction of sp³-hybridized carbons (Fsp3) is 0.467. The van der Waals surface area contributed by atoms with Crippen molar-refractivity contribution in [1.82, 2.24) is 5.32 Å². The SMILES string of the molecule is CC(CNC(=O)c1cccc(C#N)c1)C(C)(C)C. The Balaban J connectivity index is 2.64. The van der Waals surface area contributed by atoms with Crippen LogP contribution >= 0.6 is 0 Å². The lowest BCUT2D eigenvalue weighted by Gasteiger charge is -2.27. The van der Waals surface area contributed by atoms with Gasteiger partial charge in [-0.25, -0.2) is 0 Å². The van der Waals surface area contributed by atoms with E-state index in [0.29, 0.717) is 23.6 Å². The highest BCUT2D eigenvalue weighted by molar-refractivity contribution is 5.94. The Hall–Kier alpha value is -1.82. The highest BCUT2D eigenvalue weighted by atomic mass is 16.1. The molecule has 0 fully saturated rings. The summed E-state index contributed by atoms with van der Waals surface area (Å²) in [5.41, 5.74) is 1.21. The molecular formula is C15H20N2O. The molecule has 0 saturated carbocycles. The van der Waals surface area contributed by atoms with E-state index in [1.807, 2.05) is 6.07 Å². The van der Waals surface area contributed by atoms with Gasteiger partial charge in [-0.2, -0.15) is 5.26 Å². The number of benzene rings is 1. The van der Waals surface area contributed by atoms with E-state index in [9.17, 15) is 4.79 Å². The van der Waals surface area contributed by atoms with Gasteiger partial charge in [0.25, 0.3) is 5.91 Å². The minimum atomic E-state index is -0.122. The number of nitrogens with zero attached hydrogens (tertiary/aromatic N) is 1. The molecule has 1 unspecified atom stereocenters. The third-order valence-electron chi connectivity index (χ3n) is 3.30. The predicted octanol–water partition coefficient (Wildman–Crippen LogP) is 2.97. The van der Waals surface area contributed by atoms with Crippen LogP contribution in [0.25, 0.3) is 0 Å². The Morgan fingerprint density at radius 1 is 1.44 bits per heavy atom. The lowest BCUT2D eigenvalue weighted by Crippen LogP contribution is -2.33. The van der Waals surface area contributed by atoms with Crippen LogP contribution in [0.15, 0.2) is 24.3 Å². The van der Waals surface area contributed by atoms with Crippen molar-refractivity contribution in [2.24, 2.45) is 11.3 Å². The number of carbonyl (C=O) groups is 1. The van der Waals surface area contributed by atoms with Crippen LogP contribution in [0, 0.1) is 22.7 Å². The van der Waals surface area contributed by atoms with E-state index in [2.05, 4.69) is 33.0 Å². The van der Waals surface area contributed by atoms with Crippen molar-refractivity contribution in [2.75, 3.05) is 6.54 Å². The van der Waals surface area contributed by atoms with Crippen LogP contribution in [0.3, 0.4) is 0 Å². The summed E-state index contributed by atoms with van der Waals surface area (Å²) in [7, 11) is 0. The quantitative estimate of drug-likeness (QED) is 0.888. The molecule has 1 aromatic rings. The minimum Gasteiger partial charge on any atom is -0.352 e. The summed E-state index contributed by atoms with van der Waals surface area (Å²) in [5, 5.41) is 11.7. The van der Waals surface area contributed by atoms with Gasteiger partial charge in [0.2, 0.25) is 0 Å². The number of carbonyl (C=O) groups excluding carboxylic acids is 1. The Kier molecular flexibility index (Phi) is 4.49. The third kappa shape index (κ3) is 3.89. The largest absolute Gasteiger partial charge is 0.352 e. The van der Waals surface area contributed by atoms with E-state index >= 15 is 0 Å². The highest BCUT2D eigenvalue weighted by Gasteiger charge is 2.20.